The van der Waals surface area contributed by atoms with Crippen molar-refractivity contribution in [1.82, 2.24) is 40.0 Å². The van der Waals surface area contributed by atoms with E-state index in [4.69, 9.17) is 29.2 Å². The van der Waals surface area contributed by atoms with Gasteiger partial charge in [-0.3, -0.25) is 24.5 Å². The zero-order valence-corrected chi connectivity index (χ0v) is 28.1. The maximum Gasteiger partial charge on any atom is 0.325 e. The number of β-amino-alcohol motifs (C(OH)–C–C–N with tert-alkyl or cyclic N) is 3. The summed E-state index contributed by atoms with van der Waals surface area (Å²) in [7, 11) is 7.33. The first kappa shape index (κ1) is 42.7. The second kappa shape index (κ2) is 23.1. The minimum Gasteiger partial charge on any atom is -0.395 e. The number of carbonyl (C=O) groups is 4. The molecule has 0 saturated carbocycles. The molecule has 0 aliphatic carbocycles. The Labute approximate surface area is 279 Å². The maximum atomic E-state index is 12.5. The number of amides is 8. The molecule has 0 radical (unpaired) electrons. The molecular formula is C26H52N8O14. The Morgan fingerprint density at radius 2 is 1.04 bits per heavy atom. The largest absolute Gasteiger partial charge is 0.395 e. The predicted octanol–water partition coefficient (Wildman–Crippen LogP) is -4.16. The normalized spacial score (nSPS) is 21.8. The lowest BCUT2D eigenvalue weighted by molar-refractivity contribution is -0.0574. The number of hydrogen-bond acceptors (Lipinski definition) is 14. The number of carbonyl (C=O) groups excluding carboxylic acids is 4. The van der Waals surface area contributed by atoms with Gasteiger partial charge in [-0.1, -0.05) is 0 Å². The number of ether oxygens (including phenoxy) is 5. The van der Waals surface area contributed by atoms with Crippen LogP contribution in [-0.2, 0) is 23.7 Å². The van der Waals surface area contributed by atoms with Crippen LogP contribution in [0.1, 0.15) is 0 Å². The van der Waals surface area contributed by atoms with E-state index in [0.717, 1.165) is 0 Å². The smallest absolute Gasteiger partial charge is 0.325 e. The van der Waals surface area contributed by atoms with Gasteiger partial charge in [-0.05, 0) is 0 Å². The standard InChI is InChI=1S/C12H22N4O6.C9H18N2O5.C5H12N2O3/c1-21-7-15-10-9(13(3-5-17)11(15)19)14(4-6-18)12(20)16(10)8-22-2;1-15-6-11-8(16-2)7(5-13)10(3-4-12)9(11)14;1-10-4-7-5(9)6-2-3-8/h9-10,17-18H,3-8H2,1-2H3;7-8,12-13H,3-6H2,1-2H3;8H,2-4H2,1H3,(H2,6,7,9). The van der Waals surface area contributed by atoms with Crippen molar-refractivity contribution in [3.63, 3.8) is 0 Å². The average Bonchev–Trinajstić information content (AvgIpc) is 3.60. The summed E-state index contributed by atoms with van der Waals surface area (Å²) in [6, 6.07) is -1.78. The van der Waals surface area contributed by atoms with Crippen LogP contribution in [0.4, 0.5) is 19.2 Å². The Morgan fingerprint density at radius 3 is 1.44 bits per heavy atom. The third-order valence-electron chi connectivity index (χ3n) is 7.09. The van der Waals surface area contributed by atoms with Gasteiger partial charge in [0.1, 0.15) is 39.1 Å². The lowest BCUT2D eigenvalue weighted by Crippen LogP contribution is -2.48. The summed E-state index contributed by atoms with van der Waals surface area (Å²) in [5.74, 6) is 0. The molecule has 3 heterocycles. The van der Waals surface area contributed by atoms with Gasteiger partial charge in [0.2, 0.25) is 0 Å². The topological polar surface area (TPSA) is 259 Å². The first-order chi connectivity index (χ1) is 23.1. The van der Waals surface area contributed by atoms with Crippen molar-refractivity contribution in [1.29, 1.82) is 0 Å². The van der Waals surface area contributed by atoms with Crippen LogP contribution in [0.3, 0.4) is 0 Å². The second-order valence-electron chi connectivity index (χ2n) is 10.1. The molecule has 22 heteroatoms. The number of nitrogens with one attached hydrogen (secondary N) is 2. The van der Waals surface area contributed by atoms with E-state index in [1.54, 1.807) is 0 Å². The third-order valence-corrected chi connectivity index (χ3v) is 7.09. The molecule has 7 N–H and O–H groups in total. The summed E-state index contributed by atoms with van der Waals surface area (Å²) in [5.41, 5.74) is 0. The molecule has 0 spiro atoms. The molecule has 0 aromatic carbocycles. The van der Waals surface area contributed by atoms with Crippen LogP contribution in [0, 0.1) is 0 Å². The van der Waals surface area contributed by atoms with E-state index in [2.05, 4.69) is 15.4 Å². The fourth-order valence-electron chi connectivity index (χ4n) is 5.23. The van der Waals surface area contributed by atoms with Gasteiger partial charge in [0, 0.05) is 61.7 Å². The Kier molecular flexibility index (Phi) is 20.6. The molecular weight excluding hydrogens is 648 g/mol. The molecule has 3 fully saturated rings. The number of nitrogens with zero attached hydrogens (tertiary/aromatic N) is 6. The SMILES string of the molecule is COCN1C(=O)N(CCO)C(CO)C1OC.COCN1C(=O)N(CCO)C2C1N(COC)C(=O)N2CCO.COCNC(=O)NCCO. The average molecular weight is 701 g/mol. The van der Waals surface area contributed by atoms with Gasteiger partial charge in [-0.2, -0.15) is 0 Å². The highest BCUT2D eigenvalue weighted by Crippen LogP contribution is 2.34. The van der Waals surface area contributed by atoms with Crippen molar-refractivity contribution >= 4 is 24.1 Å². The lowest BCUT2D eigenvalue weighted by atomic mass is 10.2. The summed E-state index contributed by atoms with van der Waals surface area (Å²) < 4.78 is 24.7. The van der Waals surface area contributed by atoms with Gasteiger partial charge in [0.15, 0.2) is 12.4 Å². The Hall–Kier alpha value is -3.32. The Bertz CT molecular complexity index is 870. The van der Waals surface area contributed by atoms with Crippen LogP contribution in [0.5, 0.6) is 0 Å². The molecule has 2 atom stereocenters. The number of aliphatic hydroxyl groups is 5. The van der Waals surface area contributed by atoms with E-state index in [1.807, 2.05) is 0 Å². The molecule has 0 aromatic heterocycles. The summed E-state index contributed by atoms with van der Waals surface area (Å²) in [6.07, 6.45) is -1.73. The van der Waals surface area contributed by atoms with Crippen molar-refractivity contribution in [2.75, 3.05) is 122 Å². The number of fused-ring (bicyclic) bond motifs is 1. The van der Waals surface area contributed by atoms with Crippen molar-refractivity contribution in [3.05, 3.63) is 0 Å². The highest BCUT2D eigenvalue weighted by Gasteiger charge is 2.58. The third kappa shape index (κ3) is 10.8. The molecule has 48 heavy (non-hydrogen) atoms. The van der Waals surface area contributed by atoms with Crippen molar-refractivity contribution in [3.8, 4) is 0 Å². The fourth-order valence-corrected chi connectivity index (χ4v) is 5.23. The monoisotopic (exact) mass is 700 g/mol. The summed E-state index contributed by atoms with van der Waals surface area (Å²) in [5, 5.41) is 49.5. The first-order valence-corrected chi connectivity index (χ1v) is 14.9. The molecule has 280 valence electrons. The molecule has 2 unspecified atom stereocenters. The maximum absolute atomic E-state index is 12.5. The predicted molar refractivity (Wildman–Crippen MR) is 163 cm³/mol. The van der Waals surface area contributed by atoms with Gasteiger partial charge < -0.3 is 64.8 Å². The van der Waals surface area contributed by atoms with E-state index >= 15 is 0 Å². The van der Waals surface area contributed by atoms with Crippen LogP contribution in [-0.4, -0.2) is 225 Å². The van der Waals surface area contributed by atoms with Gasteiger partial charge in [0.25, 0.3) is 0 Å². The number of methoxy groups -OCH3 is 5. The highest BCUT2D eigenvalue weighted by atomic mass is 16.5. The Morgan fingerprint density at radius 1 is 0.604 bits per heavy atom. The summed E-state index contributed by atoms with van der Waals surface area (Å²) >= 11 is 0. The number of rotatable bonds is 18. The van der Waals surface area contributed by atoms with Crippen LogP contribution >= 0.6 is 0 Å². The minimum atomic E-state index is -0.593. The van der Waals surface area contributed by atoms with Crippen LogP contribution < -0.4 is 10.6 Å². The number of hydrogen-bond donors (Lipinski definition) is 7. The summed E-state index contributed by atoms with van der Waals surface area (Å²) in [6.45, 7) is 0.0523. The number of aliphatic hydroxyl groups excluding tert-OH is 5. The van der Waals surface area contributed by atoms with Crippen molar-refractivity contribution in [2.45, 2.75) is 24.6 Å². The summed E-state index contributed by atoms with van der Waals surface area (Å²) in [4.78, 5) is 55.8. The van der Waals surface area contributed by atoms with Gasteiger partial charge in [-0.25, -0.2) is 19.2 Å². The molecule has 8 amide bonds. The highest BCUT2D eigenvalue weighted by molar-refractivity contribution is 5.85. The molecule has 22 nitrogen and oxygen atoms in total. The zero-order chi connectivity index (χ0) is 36.2. The zero-order valence-electron chi connectivity index (χ0n) is 28.1. The molecule has 3 aliphatic rings. The van der Waals surface area contributed by atoms with E-state index in [-0.39, 0.29) is 110 Å². The minimum absolute atomic E-state index is 0.0163. The molecule has 3 saturated heterocycles. The van der Waals surface area contributed by atoms with Crippen molar-refractivity contribution < 1.29 is 68.4 Å². The molecule has 3 aliphatic heterocycles. The number of urea groups is 4. The first-order valence-electron chi connectivity index (χ1n) is 14.9. The van der Waals surface area contributed by atoms with Crippen LogP contribution in [0.25, 0.3) is 0 Å². The second-order valence-corrected chi connectivity index (χ2v) is 10.1. The van der Waals surface area contributed by atoms with Gasteiger partial charge in [-0.15, -0.1) is 0 Å². The Balaban J connectivity index is 0.000000389. The van der Waals surface area contributed by atoms with Gasteiger partial charge >= 0.3 is 24.1 Å². The van der Waals surface area contributed by atoms with E-state index in [9.17, 15) is 34.5 Å². The van der Waals surface area contributed by atoms with E-state index in [1.165, 1.54) is 64.9 Å². The van der Waals surface area contributed by atoms with E-state index in [0.29, 0.717) is 0 Å². The van der Waals surface area contributed by atoms with Crippen molar-refractivity contribution in [2.24, 2.45) is 0 Å². The molecule has 0 aromatic rings. The van der Waals surface area contributed by atoms with E-state index < -0.39 is 24.6 Å². The molecule has 0 bridgehead atoms. The van der Waals surface area contributed by atoms with Crippen LogP contribution in [0.2, 0.25) is 0 Å². The quantitative estimate of drug-likeness (QED) is 0.0670. The lowest BCUT2D eigenvalue weighted by Gasteiger charge is -2.28. The van der Waals surface area contributed by atoms with Gasteiger partial charge in [0.05, 0.1) is 33.0 Å². The fraction of sp³-hybridized carbons (Fsp3) is 0.846. The van der Waals surface area contributed by atoms with Crippen LogP contribution in [0.15, 0.2) is 0 Å². The molecule has 3 rings (SSSR count).